The van der Waals surface area contributed by atoms with E-state index in [0.29, 0.717) is 0 Å². The van der Waals surface area contributed by atoms with Crippen LogP contribution in [0.5, 0.6) is 0 Å². The van der Waals surface area contributed by atoms with Crippen LogP contribution in [-0.2, 0) is 11.2 Å². The molecule has 1 aliphatic carbocycles. The highest BCUT2D eigenvalue weighted by Crippen LogP contribution is 2.21. The fourth-order valence-corrected chi connectivity index (χ4v) is 2.44. The lowest BCUT2D eigenvalue weighted by Gasteiger charge is -2.30. The van der Waals surface area contributed by atoms with Gasteiger partial charge in [-0.1, -0.05) is 18.2 Å². The lowest BCUT2D eigenvalue weighted by Crippen LogP contribution is -2.48. The molecule has 0 bridgehead atoms. The van der Waals surface area contributed by atoms with Crippen molar-refractivity contribution in [2.75, 3.05) is 31.9 Å². The normalized spacial score (nSPS) is 16.4. The molecule has 1 aromatic rings. The summed E-state index contributed by atoms with van der Waals surface area (Å²) in [6.45, 7) is 8.86. The number of carbonyl (C=O) groups excluding carboxylic acids is 1. The smallest absolute Gasteiger partial charge is 0.410 e. The molecule has 0 unspecified atom stereocenters. The van der Waals surface area contributed by atoms with Gasteiger partial charge in [-0.2, -0.15) is 0 Å². The average molecular weight is 317 g/mol. The van der Waals surface area contributed by atoms with E-state index in [2.05, 4.69) is 23.5 Å². The van der Waals surface area contributed by atoms with Gasteiger partial charge in [0, 0.05) is 31.9 Å². The van der Waals surface area contributed by atoms with Crippen molar-refractivity contribution in [2.24, 2.45) is 0 Å². The maximum Gasteiger partial charge on any atom is 0.410 e. The highest BCUT2D eigenvalue weighted by Gasteiger charge is 2.22. The Morgan fingerprint density at radius 2 is 1.96 bits per heavy atom. The molecule has 0 atom stereocenters. The summed E-state index contributed by atoms with van der Waals surface area (Å²) in [5.41, 5.74) is 8.72. The van der Waals surface area contributed by atoms with Crippen molar-refractivity contribution in [1.82, 2.24) is 10.2 Å². The number of nitrogens with zero attached hydrogens (tertiary/aromatic N) is 1. The first-order valence-electron chi connectivity index (χ1n) is 8.09. The van der Waals surface area contributed by atoms with E-state index in [-0.39, 0.29) is 11.7 Å². The van der Waals surface area contributed by atoms with Crippen molar-refractivity contribution in [2.45, 2.75) is 32.8 Å². The SMILES string of the molecule is CC(C)(C)OC(=O)N1CCNCC1.Nc1ccc2c(c1)C=CC2. The topological polar surface area (TPSA) is 67.6 Å². The fourth-order valence-electron chi connectivity index (χ4n) is 2.44. The number of hydrogen-bond acceptors (Lipinski definition) is 4. The number of piperazine rings is 1. The molecule has 5 heteroatoms. The average Bonchev–Trinajstić information content (AvgIpc) is 2.94. The highest BCUT2D eigenvalue weighted by atomic mass is 16.6. The largest absolute Gasteiger partial charge is 0.444 e. The Labute approximate surface area is 138 Å². The number of nitrogens with one attached hydrogen (secondary N) is 1. The predicted molar refractivity (Wildman–Crippen MR) is 94.3 cm³/mol. The van der Waals surface area contributed by atoms with E-state index in [4.69, 9.17) is 10.5 Å². The van der Waals surface area contributed by atoms with Crippen LogP contribution >= 0.6 is 0 Å². The molecule has 5 nitrogen and oxygen atoms in total. The summed E-state index contributed by atoms with van der Waals surface area (Å²) in [6.07, 6.45) is 5.14. The number of hydrogen-bond donors (Lipinski definition) is 2. The van der Waals surface area contributed by atoms with Gasteiger partial charge < -0.3 is 20.7 Å². The Kier molecular flexibility index (Phi) is 5.66. The van der Waals surface area contributed by atoms with Gasteiger partial charge in [-0.15, -0.1) is 0 Å². The van der Waals surface area contributed by atoms with Crippen molar-refractivity contribution in [3.63, 3.8) is 0 Å². The molecule has 0 spiro atoms. The van der Waals surface area contributed by atoms with Gasteiger partial charge in [0.1, 0.15) is 5.60 Å². The second-order valence-electron chi connectivity index (χ2n) is 6.78. The standard InChI is InChI=1S/C9H18N2O2.C9H9N/c1-9(2,3)13-8(12)11-6-4-10-5-7-11;10-9-5-4-7-2-1-3-8(7)6-9/h10H,4-7H2,1-3H3;1,3-6H,2,10H2. The number of amides is 1. The molecular formula is C18H27N3O2. The van der Waals surface area contributed by atoms with Crippen molar-refractivity contribution in [1.29, 1.82) is 0 Å². The molecule has 0 aromatic heterocycles. The molecule has 2 aliphatic rings. The van der Waals surface area contributed by atoms with Crippen LogP contribution in [0.1, 0.15) is 31.9 Å². The molecule has 0 saturated carbocycles. The van der Waals surface area contributed by atoms with Crippen molar-refractivity contribution in [3.05, 3.63) is 35.4 Å². The van der Waals surface area contributed by atoms with Crippen LogP contribution in [0.3, 0.4) is 0 Å². The first-order valence-corrected chi connectivity index (χ1v) is 8.09. The van der Waals surface area contributed by atoms with Gasteiger partial charge in [0.15, 0.2) is 0 Å². The van der Waals surface area contributed by atoms with Crippen LogP contribution in [0.2, 0.25) is 0 Å². The van der Waals surface area contributed by atoms with Crippen molar-refractivity contribution in [3.8, 4) is 0 Å². The summed E-state index contributed by atoms with van der Waals surface area (Å²) in [5, 5.41) is 3.18. The van der Waals surface area contributed by atoms with Crippen LogP contribution in [0.15, 0.2) is 24.3 Å². The lowest BCUT2D eigenvalue weighted by atomic mass is 10.1. The number of fused-ring (bicyclic) bond motifs is 1. The summed E-state index contributed by atoms with van der Waals surface area (Å²) in [5.74, 6) is 0. The Hall–Kier alpha value is -2.01. The molecule has 126 valence electrons. The van der Waals surface area contributed by atoms with Gasteiger partial charge in [-0.25, -0.2) is 4.79 Å². The summed E-state index contributed by atoms with van der Waals surface area (Å²) in [4.78, 5) is 13.2. The molecule has 23 heavy (non-hydrogen) atoms. The zero-order chi connectivity index (χ0) is 16.9. The number of nitrogens with two attached hydrogens (primary N) is 1. The van der Waals surface area contributed by atoms with Gasteiger partial charge in [0.2, 0.25) is 0 Å². The van der Waals surface area contributed by atoms with E-state index in [1.54, 1.807) is 4.90 Å². The maximum absolute atomic E-state index is 11.5. The molecule has 1 fully saturated rings. The van der Waals surface area contributed by atoms with Crippen LogP contribution in [0.25, 0.3) is 6.08 Å². The lowest BCUT2D eigenvalue weighted by molar-refractivity contribution is 0.0229. The molecule has 1 aromatic carbocycles. The molecule has 1 aliphatic heterocycles. The summed E-state index contributed by atoms with van der Waals surface area (Å²) >= 11 is 0. The minimum Gasteiger partial charge on any atom is -0.444 e. The quantitative estimate of drug-likeness (QED) is 0.722. The number of anilines is 1. The molecule has 0 radical (unpaired) electrons. The first kappa shape index (κ1) is 17.3. The van der Waals surface area contributed by atoms with E-state index in [0.717, 1.165) is 38.3 Å². The van der Waals surface area contributed by atoms with Gasteiger partial charge >= 0.3 is 6.09 Å². The van der Waals surface area contributed by atoms with Crippen LogP contribution in [0.4, 0.5) is 10.5 Å². The summed E-state index contributed by atoms with van der Waals surface area (Å²) in [7, 11) is 0. The Morgan fingerprint density at radius 3 is 2.61 bits per heavy atom. The first-order chi connectivity index (χ1) is 10.8. The number of rotatable bonds is 0. The van der Waals surface area contributed by atoms with Crippen molar-refractivity contribution >= 4 is 17.9 Å². The molecular weight excluding hydrogens is 290 g/mol. The van der Waals surface area contributed by atoms with Gasteiger partial charge in [-0.05, 0) is 50.5 Å². The molecule has 1 amide bonds. The number of benzene rings is 1. The molecule has 1 saturated heterocycles. The second kappa shape index (κ2) is 7.51. The van der Waals surface area contributed by atoms with Gasteiger partial charge in [0.25, 0.3) is 0 Å². The Bertz CT molecular complexity index is 570. The predicted octanol–water partition coefficient (Wildman–Crippen LogP) is 2.66. The monoisotopic (exact) mass is 317 g/mol. The fraction of sp³-hybridized carbons (Fsp3) is 0.500. The number of allylic oxidation sites excluding steroid dienone is 1. The number of ether oxygens (including phenoxy) is 1. The van der Waals surface area contributed by atoms with E-state index in [9.17, 15) is 4.79 Å². The van der Waals surface area contributed by atoms with Crippen LogP contribution in [0, 0.1) is 0 Å². The molecule has 3 N–H and O–H groups in total. The Balaban J connectivity index is 0.000000172. The number of nitrogen functional groups attached to an aromatic ring is 1. The molecule has 3 rings (SSSR count). The third-order valence-electron chi connectivity index (χ3n) is 3.57. The molecule has 1 heterocycles. The minimum absolute atomic E-state index is 0.200. The third-order valence-corrected chi connectivity index (χ3v) is 3.57. The van der Waals surface area contributed by atoms with E-state index in [1.165, 1.54) is 11.1 Å². The zero-order valence-corrected chi connectivity index (χ0v) is 14.3. The van der Waals surface area contributed by atoms with Crippen molar-refractivity contribution < 1.29 is 9.53 Å². The van der Waals surface area contributed by atoms with Gasteiger partial charge in [0.05, 0.1) is 0 Å². The third kappa shape index (κ3) is 5.60. The van der Waals surface area contributed by atoms with E-state index in [1.807, 2.05) is 32.9 Å². The number of carbonyl (C=O) groups is 1. The minimum atomic E-state index is -0.387. The zero-order valence-electron chi connectivity index (χ0n) is 14.3. The second-order valence-corrected chi connectivity index (χ2v) is 6.78. The van der Waals surface area contributed by atoms with Crippen LogP contribution in [-0.4, -0.2) is 42.8 Å². The maximum atomic E-state index is 11.5. The highest BCUT2D eigenvalue weighted by molar-refractivity contribution is 5.68. The van der Waals surface area contributed by atoms with Crippen LogP contribution < -0.4 is 11.1 Å². The summed E-state index contributed by atoms with van der Waals surface area (Å²) in [6, 6.07) is 6.05. The van der Waals surface area contributed by atoms with E-state index >= 15 is 0 Å². The Morgan fingerprint density at radius 1 is 1.26 bits per heavy atom. The summed E-state index contributed by atoms with van der Waals surface area (Å²) < 4.78 is 5.24. The van der Waals surface area contributed by atoms with Gasteiger partial charge in [-0.3, -0.25) is 0 Å². The van der Waals surface area contributed by atoms with E-state index < -0.39 is 0 Å².